The summed E-state index contributed by atoms with van der Waals surface area (Å²) in [6.45, 7) is 0. The van der Waals surface area contributed by atoms with Gasteiger partial charge in [-0.25, -0.2) is 0 Å². The molecule has 96 valence electrons. The van der Waals surface area contributed by atoms with E-state index in [4.69, 9.17) is 0 Å². The smallest absolute Gasteiger partial charge is 0.423 e. The molecule has 0 radical (unpaired) electrons. The van der Waals surface area contributed by atoms with Crippen molar-refractivity contribution in [3.8, 4) is 0 Å². The van der Waals surface area contributed by atoms with Gasteiger partial charge in [0.1, 0.15) is 0 Å². The summed E-state index contributed by atoms with van der Waals surface area (Å²) in [4.78, 5) is 3.34. The number of H-pyrrole nitrogens is 1. The lowest BCUT2D eigenvalue weighted by Gasteiger charge is -2.04. The Morgan fingerprint density at radius 3 is 2.40 bits per heavy atom. The zero-order chi connectivity index (χ0) is 13.7. The minimum absolute atomic E-state index is 0.533. The maximum Gasteiger partial charge on any atom is 0.489 e. The van der Waals surface area contributed by atoms with E-state index < -0.39 is 7.12 Å². The molecule has 1 heterocycles. The summed E-state index contributed by atoms with van der Waals surface area (Å²) < 4.78 is 0. The van der Waals surface area contributed by atoms with Gasteiger partial charge in [0.2, 0.25) is 0 Å². The Bertz CT molecular complexity index is 943. The molecule has 3 N–H and O–H groups in total. The van der Waals surface area contributed by atoms with Gasteiger partial charge in [-0.05, 0) is 28.4 Å². The van der Waals surface area contributed by atoms with Crippen LogP contribution in [0.25, 0.3) is 32.6 Å². The van der Waals surface area contributed by atoms with E-state index >= 15 is 0 Å². The van der Waals surface area contributed by atoms with Crippen molar-refractivity contribution < 1.29 is 10.0 Å². The summed E-state index contributed by atoms with van der Waals surface area (Å²) >= 11 is 0. The van der Waals surface area contributed by atoms with Crippen molar-refractivity contribution in [2.75, 3.05) is 0 Å². The summed E-state index contributed by atoms with van der Waals surface area (Å²) in [5.41, 5.74) is 2.46. The molecular formula is C16H12BNO2. The average Bonchev–Trinajstić information content (AvgIpc) is 2.85. The van der Waals surface area contributed by atoms with Crippen molar-refractivity contribution in [1.29, 1.82) is 0 Å². The first kappa shape index (κ1) is 11.5. The van der Waals surface area contributed by atoms with E-state index in [-0.39, 0.29) is 0 Å². The number of hydrogen-bond acceptors (Lipinski definition) is 2. The highest BCUT2D eigenvalue weighted by Gasteiger charge is 2.18. The van der Waals surface area contributed by atoms with Gasteiger partial charge in [-0.2, -0.15) is 0 Å². The zero-order valence-corrected chi connectivity index (χ0v) is 10.7. The second-order valence-corrected chi connectivity index (χ2v) is 4.98. The van der Waals surface area contributed by atoms with Gasteiger partial charge < -0.3 is 15.0 Å². The van der Waals surface area contributed by atoms with Crippen LogP contribution in [0.5, 0.6) is 0 Å². The van der Waals surface area contributed by atoms with E-state index in [2.05, 4.69) is 23.2 Å². The molecular weight excluding hydrogens is 249 g/mol. The summed E-state index contributed by atoms with van der Waals surface area (Å²) in [6, 6.07) is 17.8. The minimum Gasteiger partial charge on any atom is -0.423 e. The standard InChI is InChI=1S/C16H12BNO2/c19-17(20)12-6-3-7-13-16(12)15-11-5-2-1-4-10(11)8-9-14(15)18-13/h1-9,18-20H. The van der Waals surface area contributed by atoms with Crippen LogP contribution in [0.3, 0.4) is 0 Å². The maximum absolute atomic E-state index is 9.61. The fourth-order valence-electron chi connectivity index (χ4n) is 2.96. The Morgan fingerprint density at radius 2 is 1.55 bits per heavy atom. The number of fused-ring (bicyclic) bond motifs is 5. The number of hydrogen-bond donors (Lipinski definition) is 3. The van der Waals surface area contributed by atoms with Crippen LogP contribution >= 0.6 is 0 Å². The minimum atomic E-state index is -1.48. The van der Waals surface area contributed by atoms with E-state index in [1.54, 1.807) is 6.07 Å². The first-order valence-electron chi connectivity index (χ1n) is 6.54. The van der Waals surface area contributed by atoms with Gasteiger partial charge in [-0.1, -0.05) is 42.5 Å². The number of aromatic amines is 1. The monoisotopic (exact) mass is 261 g/mol. The lowest BCUT2D eigenvalue weighted by molar-refractivity contribution is 0.426. The third-order valence-electron chi connectivity index (χ3n) is 3.82. The fourth-order valence-corrected chi connectivity index (χ4v) is 2.96. The van der Waals surface area contributed by atoms with E-state index in [9.17, 15) is 10.0 Å². The fraction of sp³-hybridized carbons (Fsp3) is 0. The van der Waals surface area contributed by atoms with Crippen molar-refractivity contribution >= 4 is 45.2 Å². The number of nitrogens with one attached hydrogen (secondary N) is 1. The molecule has 4 heteroatoms. The molecule has 1 aromatic heterocycles. The molecule has 3 aromatic carbocycles. The average molecular weight is 261 g/mol. The van der Waals surface area contributed by atoms with Crippen molar-refractivity contribution in [2.24, 2.45) is 0 Å². The van der Waals surface area contributed by atoms with E-state index in [0.717, 1.165) is 32.6 Å². The van der Waals surface area contributed by atoms with Crippen LogP contribution in [0.15, 0.2) is 54.6 Å². The van der Waals surface area contributed by atoms with Crippen LogP contribution in [-0.2, 0) is 0 Å². The molecule has 0 saturated heterocycles. The second kappa shape index (κ2) is 4.10. The van der Waals surface area contributed by atoms with Crippen LogP contribution < -0.4 is 5.46 Å². The zero-order valence-electron chi connectivity index (χ0n) is 10.7. The molecule has 0 bridgehead atoms. The first-order valence-corrected chi connectivity index (χ1v) is 6.54. The van der Waals surface area contributed by atoms with Gasteiger partial charge >= 0.3 is 7.12 Å². The molecule has 0 aliphatic carbocycles. The van der Waals surface area contributed by atoms with Crippen molar-refractivity contribution in [3.05, 3.63) is 54.6 Å². The summed E-state index contributed by atoms with van der Waals surface area (Å²) in [5, 5.41) is 23.4. The van der Waals surface area contributed by atoms with Gasteiger partial charge in [0.25, 0.3) is 0 Å². The third-order valence-corrected chi connectivity index (χ3v) is 3.82. The largest absolute Gasteiger partial charge is 0.489 e. The highest BCUT2D eigenvalue weighted by atomic mass is 16.4. The summed E-state index contributed by atoms with van der Waals surface area (Å²) in [5.74, 6) is 0. The Labute approximate surface area is 115 Å². The lowest BCUT2D eigenvalue weighted by Crippen LogP contribution is -2.30. The van der Waals surface area contributed by atoms with Crippen LogP contribution in [-0.4, -0.2) is 22.2 Å². The third kappa shape index (κ3) is 1.49. The normalized spacial score (nSPS) is 11.5. The lowest BCUT2D eigenvalue weighted by atomic mass is 9.77. The Morgan fingerprint density at radius 1 is 0.750 bits per heavy atom. The number of benzene rings is 3. The Balaban J connectivity index is 2.32. The van der Waals surface area contributed by atoms with Gasteiger partial charge in [-0.15, -0.1) is 0 Å². The van der Waals surface area contributed by atoms with E-state index in [1.807, 2.05) is 30.3 Å². The molecule has 20 heavy (non-hydrogen) atoms. The highest BCUT2D eigenvalue weighted by Crippen LogP contribution is 2.31. The molecule has 3 nitrogen and oxygen atoms in total. The number of rotatable bonds is 1. The van der Waals surface area contributed by atoms with Crippen molar-refractivity contribution in [1.82, 2.24) is 4.98 Å². The molecule has 0 saturated carbocycles. The quantitative estimate of drug-likeness (QED) is 0.460. The van der Waals surface area contributed by atoms with Gasteiger partial charge in [0.05, 0.1) is 0 Å². The van der Waals surface area contributed by atoms with Crippen LogP contribution in [0, 0.1) is 0 Å². The Kier molecular flexibility index (Phi) is 2.36. The molecule has 0 aliphatic heterocycles. The van der Waals surface area contributed by atoms with Crippen molar-refractivity contribution in [3.63, 3.8) is 0 Å². The first-order chi connectivity index (χ1) is 9.75. The molecule has 0 fully saturated rings. The predicted molar refractivity (Wildman–Crippen MR) is 83.1 cm³/mol. The maximum atomic E-state index is 9.61. The molecule has 0 aliphatic rings. The summed E-state index contributed by atoms with van der Waals surface area (Å²) in [7, 11) is -1.48. The molecule has 0 atom stereocenters. The number of aromatic nitrogens is 1. The van der Waals surface area contributed by atoms with Gasteiger partial charge in [0.15, 0.2) is 0 Å². The molecule has 0 amide bonds. The topological polar surface area (TPSA) is 56.2 Å². The van der Waals surface area contributed by atoms with Gasteiger partial charge in [0, 0.05) is 21.8 Å². The molecule has 4 aromatic rings. The second-order valence-electron chi connectivity index (χ2n) is 4.98. The highest BCUT2D eigenvalue weighted by molar-refractivity contribution is 6.63. The van der Waals surface area contributed by atoms with Crippen LogP contribution in [0.2, 0.25) is 0 Å². The Hall–Kier alpha value is -2.30. The van der Waals surface area contributed by atoms with Gasteiger partial charge in [-0.3, -0.25) is 0 Å². The molecule has 0 unspecified atom stereocenters. The summed E-state index contributed by atoms with van der Waals surface area (Å²) in [6.07, 6.45) is 0. The molecule has 4 rings (SSSR count). The van der Waals surface area contributed by atoms with Crippen molar-refractivity contribution in [2.45, 2.75) is 0 Å². The van der Waals surface area contributed by atoms with E-state index in [1.165, 1.54) is 0 Å². The predicted octanol–water partition coefficient (Wildman–Crippen LogP) is 2.15. The molecule has 0 spiro atoms. The van der Waals surface area contributed by atoms with Crippen LogP contribution in [0.4, 0.5) is 0 Å². The van der Waals surface area contributed by atoms with Crippen LogP contribution in [0.1, 0.15) is 0 Å². The SMILES string of the molecule is OB(O)c1cccc2[nH]c3ccc4ccccc4c3c12. The van der Waals surface area contributed by atoms with E-state index in [0.29, 0.717) is 5.46 Å².